The van der Waals surface area contributed by atoms with E-state index in [9.17, 15) is 32.3 Å². The topological polar surface area (TPSA) is 292 Å². The summed E-state index contributed by atoms with van der Waals surface area (Å²) in [7, 11) is 0. The lowest BCUT2D eigenvalue weighted by molar-refractivity contribution is -0.192. The third-order valence-electron chi connectivity index (χ3n) is 9.44. The molecule has 5 rings (SSSR count). The second kappa shape index (κ2) is 31.0. The van der Waals surface area contributed by atoms with Crippen LogP contribution in [0.1, 0.15) is 70.9 Å². The molecule has 0 unspecified atom stereocenters. The molecule has 23 nitrogen and oxygen atoms in total. The zero-order valence-electron chi connectivity index (χ0n) is 42.2. The highest BCUT2D eigenvalue weighted by Crippen LogP contribution is 2.21. The van der Waals surface area contributed by atoms with E-state index in [1.54, 1.807) is 89.5 Å². The number of alkyl halides is 3. The molecule has 406 valence electrons. The monoisotopic (exact) mass is 1060 g/mol. The van der Waals surface area contributed by atoms with Crippen molar-refractivity contribution in [2.24, 2.45) is 5.73 Å². The number of aromatic nitrogens is 6. The fraction of sp³-hybridized carbons (Fsp3) is 0.400. The van der Waals surface area contributed by atoms with Gasteiger partial charge in [-0.1, -0.05) is 60.7 Å². The highest BCUT2D eigenvalue weighted by Gasteiger charge is 2.38. The Kier molecular flexibility index (Phi) is 25.0. The molecular weight excluding hydrogens is 1000 g/mol. The minimum Gasteiger partial charge on any atom is -0.494 e. The Labute approximate surface area is 436 Å². The number of amides is 3. The first kappa shape index (κ1) is 61.4. The van der Waals surface area contributed by atoms with E-state index in [1.165, 1.54) is 4.68 Å². The van der Waals surface area contributed by atoms with E-state index in [-0.39, 0.29) is 38.8 Å². The number of hydrogen-bond donors (Lipinski definition) is 5. The minimum atomic E-state index is -5.08. The molecule has 0 radical (unpaired) electrons. The fourth-order valence-electron chi connectivity index (χ4n) is 5.82. The number of carboxylic acid groups (broad SMARTS) is 1. The summed E-state index contributed by atoms with van der Waals surface area (Å²) in [5.41, 5.74) is 4.87. The second-order valence-electron chi connectivity index (χ2n) is 17.5. The van der Waals surface area contributed by atoms with E-state index in [2.05, 4.69) is 51.1 Å². The van der Waals surface area contributed by atoms with Crippen LogP contribution in [0.5, 0.6) is 17.5 Å². The maximum atomic E-state index is 13.0. The number of tetrazole rings is 1. The average Bonchev–Trinajstić information content (AvgIpc) is 3.86. The van der Waals surface area contributed by atoms with Crippen LogP contribution in [0, 0.1) is 13.1 Å². The van der Waals surface area contributed by atoms with Gasteiger partial charge in [-0.15, -0.1) is 5.10 Å². The van der Waals surface area contributed by atoms with Gasteiger partial charge in [0.2, 0.25) is 36.7 Å². The lowest BCUT2D eigenvalue weighted by Crippen LogP contribution is -2.53. The van der Waals surface area contributed by atoms with Crippen LogP contribution in [0.2, 0.25) is 0 Å². The Balaban J connectivity index is 0.000000355. The number of carbonyl (C=O) groups excluding carboxylic acids is 4. The number of nitrogens with zero attached hydrogens (tertiary/aromatic N) is 8. The molecule has 3 heterocycles. The number of halogens is 3. The van der Waals surface area contributed by atoms with Gasteiger partial charge in [0.15, 0.2) is 11.9 Å². The minimum absolute atomic E-state index is 0.0251. The van der Waals surface area contributed by atoms with Gasteiger partial charge >= 0.3 is 24.2 Å². The normalized spacial score (nSPS) is 12.5. The first-order chi connectivity index (χ1) is 36.0. The zero-order valence-corrected chi connectivity index (χ0v) is 42.2. The maximum absolute atomic E-state index is 13.0. The molecule has 76 heavy (non-hydrogen) atoms. The van der Waals surface area contributed by atoms with Crippen LogP contribution >= 0.6 is 0 Å². The van der Waals surface area contributed by atoms with E-state index in [1.807, 2.05) is 54.6 Å². The van der Waals surface area contributed by atoms with Gasteiger partial charge in [-0.25, -0.2) is 37.4 Å². The lowest BCUT2D eigenvalue weighted by atomic mass is 10.0. The molecule has 0 fully saturated rings. The van der Waals surface area contributed by atoms with E-state index < -0.39 is 71.8 Å². The number of esters is 1. The van der Waals surface area contributed by atoms with Gasteiger partial charge in [-0.3, -0.25) is 14.4 Å². The van der Waals surface area contributed by atoms with Crippen molar-refractivity contribution < 1.29 is 65.9 Å². The summed E-state index contributed by atoms with van der Waals surface area (Å²) < 4.78 is 60.8. The summed E-state index contributed by atoms with van der Waals surface area (Å²) in [6, 6.07) is 25.8. The Hall–Kier alpha value is -8.91. The number of nitrogens with one attached hydrogen (secondary N) is 3. The highest BCUT2D eigenvalue weighted by atomic mass is 19.4. The Bertz CT molecular complexity index is 2650. The summed E-state index contributed by atoms with van der Waals surface area (Å²) >= 11 is 0. The number of rotatable bonds is 23. The van der Waals surface area contributed by atoms with Crippen molar-refractivity contribution >= 4 is 29.8 Å². The Morgan fingerprint density at radius 3 is 1.86 bits per heavy atom. The van der Waals surface area contributed by atoms with Crippen LogP contribution in [0.15, 0.2) is 109 Å². The van der Waals surface area contributed by atoms with Crippen LogP contribution in [0.4, 0.5) is 18.0 Å². The van der Waals surface area contributed by atoms with E-state index in [4.69, 9.17) is 52.5 Å². The molecule has 6 N–H and O–H groups in total. The van der Waals surface area contributed by atoms with E-state index in [0.717, 1.165) is 5.56 Å². The van der Waals surface area contributed by atoms with Gasteiger partial charge in [-0.05, 0) is 74.9 Å². The van der Waals surface area contributed by atoms with Crippen LogP contribution in [-0.2, 0) is 35.3 Å². The first-order valence-electron chi connectivity index (χ1n) is 23.1. The van der Waals surface area contributed by atoms with Gasteiger partial charge in [0.1, 0.15) is 43.3 Å². The largest absolute Gasteiger partial charge is 0.494 e. The van der Waals surface area contributed by atoms with Gasteiger partial charge in [0, 0.05) is 30.9 Å². The molecule has 4 atom stereocenters. The number of aliphatic carboxylic acids is 1. The molecule has 0 spiro atoms. The number of ether oxygens (including phenoxy) is 5. The zero-order chi connectivity index (χ0) is 56.2. The van der Waals surface area contributed by atoms with E-state index in [0.29, 0.717) is 36.4 Å². The molecule has 2 aromatic carbocycles. The number of pyridine rings is 2. The summed E-state index contributed by atoms with van der Waals surface area (Å²) in [6.07, 6.45) is -2.82. The maximum Gasteiger partial charge on any atom is 0.490 e. The van der Waals surface area contributed by atoms with Crippen molar-refractivity contribution in [3.63, 3.8) is 0 Å². The van der Waals surface area contributed by atoms with Crippen molar-refractivity contribution in [2.45, 2.75) is 95.6 Å². The van der Waals surface area contributed by atoms with Gasteiger partial charge in [0.25, 0.3) is 0 Å². The number of alkyl carbamates (subject to hydrolysis) is 1. The van der Waals surface area contributed by atoms with E-state index >= 15 is 0 Å². The number of benzene rings is 2. The van der Waals surface area contributed by atoms with Crippen LogP contribution in [0.25, 0.3) is 9.69 Å². The SMILES string of the molecule is O=C(O)C(F)(F)F.[C-]#[N+]C[C@H](COc1ccccn1)NC(=O)[C@@H](CC(=O)OCc1ccccc1)NC(=O)OC(C)(C)C.[C-]#[N+]C[C@H](COc1ccccn1)n1nnnc1[C@@H](CCOc1ccccc1)NC(=O)C(C)(C)N. The van der Waals surface area contributed by atoms with Crippen LogP contribution in [0.3, 0.4) is 0 Å². The molecule has 3 amide bonds. The van der Waals surface area contributed by atoms with Crippen molar-refractivity contribution in [1.29, 1.82) is 0 Å². The summed E-state index contributed by atoms with van der Waals surface area (Å²) in [5.74, 6) is -2.62. The third kappa shape index (κ3) is 24.2. The molecule has 0 saturated heterocycles. The first-order valence-corrected chi connectivity index (χ1v) is 23.1. The smallest absolute Gasteiger partial charge is 0.490 e. The van der Waals surface area contributed by atoms with Crippen molar-refractivity contribution in [3.8, 4) is 17.5 Å². The molecule has 0 aliphatic heterocycles. The Morgan fingerprint density at radius 2 is 1.33 bits per heavy atom. The lowest BCUT2D eigenvalue weighted by Gasteiger charge is -2.25. The van der Waals surface area contributed by atoms with Gasteiger partial charge in [-0.2, -0.15) is 13.2 Å². The van der Waals surface area contributed by atoms with Crippen molar-refractivity contribution in [3.05, 3.63) is 144 Å². The summed E-state index contributed by atoms with van der Waals surface area (Å²) in [6.45, 7) is 23.2. The standard InChI is InChI=1S/C25H30N4O6.C23H28N8O3.C2HF3O2/c1-25(2,3)35-24(32)29-20(14-22(30)34-16-18-10-6-5-7-11-18)23(31)28-19(15-26-4)17-33-21-12-8-9-13-27-21;1-23(2,24)22(32)27-19(12-14-33-18-9-5-4-6-10-18)21-28-29-30-31(21)17(15-25-3)16-34-20-11-7-8-13-26-20;3-2(4,5)1(6)7/h5-13,19-20H,14-17H2,1-3H3,(H,28,31)(H,29,32);4-11,13,17,19H,12,14-16,24H2,1-2H3,(H,27,32);(H,6,7)/t19-,20-;17-,19-;/m11./s1. The number of para-hydroxylation sites is 1. The summed E-state index contributed by atoms with van der Waals surface area (Å²) in [5, 5.41) is 27.2. The fourth-order valence-corrected chi connectivity index (χ4v) is 5.82. The molecule has 5 aromatic rings. The molecule has 0 aliphatic rings. The third-order valence-corrected chi connectivity index (χ3v) is 9.44. The second-order valence-corrected chi connectivity index (χ2v) is 17.5. The van der Waals surface area contributed by atoms with Gasteiger partial charge < -0.3 is 60.2 Å². The van der Waals surface area contributed by atoms with Gasteiger partial charge in [0.05, 0.1) is 24.6 Å². The molecule has 3 aromatic heterocycles. The predicted molar refractivity (Wildman–Crippen MR) is 265 cm³/mol. The number of nitrogens with two attached hydrogens (primary N) is 1. The van der Waals surface area contributed by atoms with Crippen LogP contribution < -0.4 is 35.9 Å². The molecule has 0 saturated carbocycles. The number of carboxylic acids is 1. The van der Waals surface area contributed by atoms with Crippen molar-refractivity contribution in [1.82, 2.24) is 46.1 Å². The Morgan fingerprint density at radius 1 is 0.763 bits per heavy atom. The van der Waals surface area contributed by atoms with Crippen LogP contribution in [-0.4, -0.2) is 127 Å². The summed E-state index contributed by atoms with van der Waals surface area (Å²) in [4.78, 5) is 74.3. The molecule has 26 heteroatoms. The number of hydrogen-bond acceptors (Lipinski definition) is 16. The van der Waals surface area contributed by atoms with Crippen molar-refractivity contribution in [2.75, 3.05) is 32.9 Å². The molecule has 0 bridgehead atoms. The highest BCUT2D eigenvalue weighted by molar-refractivity contribution is 5.90. The quantitative estimate of drug-likeness (QED) is 0.0399. The average molecular weight is 1060 g/mol. The molecule has 0 aliphatic carbocycles. The predicted octanol–water partition coefficient (Wildman–Crippen LogP) is 5.50. The molecular formula is C50H59F3N12O11. The number of carbonyl (C=O) groups is 5.